The maximum atomic E-state index is 12.7. The van der Waals surface area contributed by atoms with Gasteiger partial charge in [0, 0.05) is 19.5 Å². The Morgan fingerprint density at radius 1 is 1.04 bits per heavy atom. The quantitative estimate of drug-likeness (QED) is 0.843. The van der Waals surface area contributed by atoms with E-state index in [0.717, 1.165) is 16.7 Å². The van der Waals surface area contributed by atoms with Gasteiger partial charge in [-0.2, -0.15) is 0 Å². The third-order valence-electron chi connectivity index (χ3n) is 5.19. The average Bonchev–Trinajstić information content (AvgIpc) is 2.50. The molecule has 1 aliphatic rings. The summed E-state index contributed by atoms with van der Waals surface area (Å²) >= 11 is 0. The molecule has 4 heteroatoms. The van der Waals surface area contributed by atoms with E-state index in [1.807, 2.05) is 18.7 Å². The van der Waals surface area contributed by atoms with Gasteiger partial charge in [0.25, 0.3) is 0 Å². The second-order valence-electron chi connectivity index (χ2n) is 10.1. The predicted molar refractivity (Wildman–Crippen MR) is 110 cm³/mol. The fourth-order valence-electron chi connectivity index (χ4n) is 3.77. The van der Waals surface area contributed by atoms with Crippen molar-refractivity contribution in [2.24, 2.45) is 0 Å². The molecule has 1 heterocycles. The fourth-order valence-corrected chi connectivity index (χ4v) is 3.77. The maximum Gasteiger partial charge on any atom is 0.223 e. The molecule has 1 N–H and O–H groups in total. The highest BCUT2D eigenvalue weighted by molar-refractivity contribution is 5.76. The van der Waals surface area contributed by atoms with Gasteiger partial charge in [-0.05, 0) is 47.8 Å². The lowest BCUT2D eigenvalue weighted by molar-refractivity contribution is -0.143. The molecule has 152 valence electrons. The van der Waals surface area contributed by atoms with Crippen molar-refractivity contribution in [1.82, 2.24) is 4.90 Å². The summed E-state index contributed by atoms with van der Waals surface area (Å²) < 4.78 is 5.73. The van der Waals surface area contributed by atoms with Crippen LogP contribution >= 0.6 is 0 Å². The summed E-state index contributed by atoms with van der Waals surface area (Å²) in [6.07, 6.45) is 1.35. The van der Waals surface area contributed by atoms with E-state index in [1.54, 1.807) is 0 Å². The van der Waals surface area contributed by atoms with Crippen LogP contribution in [0.15, 0.2) is 12.1 Å². The second-order valence-corrected chi connectivity index (χ2v) is 10.1. The van der Waals surface area contributed by atoms with Crippen LogP contribution in [0.2, 0.25) is 0 Å². The third kappa shape index (κ3) is 5.47. The minimum Gasteiger partial charge on any atom is -0.507 e. The normalized spacial score (nSPS) is 21.4. The predicted octanol–water partition coefficient (Wildman–Crippen LogP) is 4.56. The zero-order chi connectivity index (χ0) is 20.6. The van der Waals surface area contributed by atoms with E-state index in [9.17, 15) is 9.90 Å². The number of rotatable bonds is 3. The standard InChI is InChI=1S/C23H37NO3/c1-15-13-24(14-16(2)27-15)20(25)10-9-17-11-18(22(3,4)5)21(26)19(12-17)23(6,7)8/h11-12,15-16,26H,9-10,13-14H2,1-8H3/t15-,16-/m0/s1. The lowest BCUT2D eigenvalue weighted by atomic mass is 9.78. The largest absolute Gasteiger partial charge is 0.507 e. The Bertz CT molecular complexity index is 637. The highest BCUT2D eigenvalue weighted by Gasteiger charge is 2.28. The topological polar surface area (TPSA) is 49.8 Å². The van der Waals surface area contributed by atoms with Crippen molar-refractivity contribution in [3.05, 3.63) is 28.8 Å². The van der Waals surface area contributed by atoms with Gasteiger partial charge in [-0.15, -0.1) is 0 Å². The van der Waals surface area contributed by atoms with Gasteiger partial charge in [-0.1, -0.05) is 53.7 Å². The van der Waals surface area contributed by atoms with Crippen LogP contribution in [0.3, 0.4) is 0 Å². The number of amides is 1. The summed E-state index contributed by atoms with van der Waals surface area (Å²) in [4.78, 5) is 14.6. The van der Waals surface area contributed by atoms with Crippen LogP contribution in [0.1, 0.15) is 78.5 Å². The highest BCUT2D eigenvalue weighted by atomic mass is 16.5. The molecule has 27 heavy (non-hydrogen) atoms. The molecule has 1 saturated heterocycles. The summed E-state index contributed by atoms with van der Waals surface area (Å²) in [7, 11) is 0. The van der Waals surface area contributed by atoms with Crippen LogP contribution in [0, 0.1) is 0 Å². The van der Waals surface area contributed by atoms with E-state index in [1.165, 1.54) is 0 Å². The number of phenolic OH excluding ortho intramolecular Hbond substituents is 1. The number of carbonyl (C=O) groups excluding carboxylic acids is 1. The molecule has 4 nitrogen and oxygen atoms in total. The minimum absolute atomic E-state index is 0.0892. The molecule has 0 bridgehead atoms. The minimum atomic E-state index is -0.154. The summed E-state index contributed by atoms with van der Waals surface area (Å²) in [5.41, 5.74) is 2.71. The molecule has 0 aromatic heterocycles. The van der Waals surface area contributed by atoms with Crippen molar-refractivity contribution in [3.8, 4) is 5.75 Å². The molecule has 0 unspecified atom stereocenters. The van der Waals surface area contributed by atoms with Crippen molar-refractivity contribution < 1.29 is 14.6 Å². The van der Waals surface area contributed by atoms with Crippen LogP contribution < -0.4 is 0 Å². The number of phenols is 1. The SMILES string of the molecule is C[C@H]1CN(C(=O)CCc2cc(C(C)(C)C)c(O)c(C(C)(C)C)c2)C[C@H](C)O1. The van der Waals surface area contributed by atoms with Gasteiger partial charge in [0.1, 0.15) is 5.75 Å². The zero-order valence-electron chi connectivity index (χ0n) is 18.3. The molecule has 1 amide bonds. The van der Waals surface area contributed by atoms with Gasteiger partial charge >= 0.3 is 0 Å². The average molecular weight is 376 g/mol. The lowest BCUT2D eigenvalue weighted by Crippen LogP contribution is -2.48. The first kappa shape index (κ1) is 21.7. The summed E-state index contributed by atoms with van der Waals surface area (Å²) in [6.45, 7) is 18.0. The number of hydrogen-bond donors (Lipinski definition) is 1. The highest BCUT2D eigenvalue weighted by Crippen LogP contribution is 2.40. The number of morpholine rings is 1. The molecule has 0 spiro atoms. The monoisotopic (exact) mass is 375 g/mol. The number of nitrogens with zero attached hydrogens (tertiary/aromatic N) is 1. The number of ether oxygens (including phenoxy) is 1. The van der Waals surface area contributed by atoms with E-state index in [-0.39, 0.29) is 28.9 Å². The Morgan fingerprint density at radius 2 is 1.48 bits per heavy atom. The fraction of sp³-hybridized carbons (Fsp3) is 0.696. The number of aromatic hydroxyl groups is 1. The number of carbonyl (C=O) groups is 1. The summed E-state index contributed by atoms with van der Waals surface area (Å²) in [6, 6.07) is 4.14. The molecule has 1 aromatic carbocycles. The molecular weight excluding hydrogens is 338 g/mol. The molecular formula is C23H37NO3. The first-order valence-corrected chi connectivity index (χ1v) is 10.1. The smallest absolute Gasteiger partial charge is 0.223 e. The van der Waals surface area contributed by atoms with Crippen molar-refractivity contribution in [1.29, 1.82) is 0 Å². The van der Waals surface area contributed by atoms with Gasteiger partial charge < -0.3 is 14.7 Å². The second kappa shape index (κ2) is 7.83. The van der Waals surface area contributed by atoms with E-state index < -0.39 is 0 Å². The maximum absolute atomic E-state index is 12.7. The van der Waals surface area contributed by atoms with Gasteiger partial charge in [0.15, 0.2) is 0 Å². The molecule has 1 aliphatic heterocycles. The Hall–Kier alpha value is -1.55. The Balaban J connectivity index is 2.22. The molecule has 1 aromatic rings. The van der Waals surface area contributed by atoms with E-state index >= 15 is 0 Å². The van der Waals surface area contributed by atoms with Gasteiger partial charge in [0.2, 0.25) is 5.91 Å². The number of aryl methyl sites for hydroxylation is 1. The Labute approximate surface area is 164 Å². The van der Waals surface area contributed by atoms with Crippen molar-refractivity contribution >= 4 is 5.91 Å². The van der Waals surface area contributed by atoms with E-state index in [0.29, 0.717) is 31.7 Å². The summed E-state index contributed by atoms with van der Waals surface area (Å²) in [5, 5.41) is 10.8. The Kier molecular flexibility index (Phi) is 6.30. The van der Waals surface area contributed by atoms with Crippen LogP contribution in [-0.4, -0.2) is 41.2 Å². The van der Waals surface area contributed by atoms with Crippen LogP contribution in [-0.2, 0) is 26.8 Å². The number of hydrogen-bond acceptors (Lipinski definition) is 3. The molecule has 2 rings (SSSR count). The Morgan fingerprint density at radius 3 is 1.89 bits per heavy atom. The molecule has 0 saturated carbocycles. The van der Waals surface area contributed by atoms with E-state index in [2.05, 4.69) is 53.7 Å². The van der Waals surface area contributed by atoms with Gasteiger partial charge in [0.05, 0.1) is 12.2 Å². The number of benzene rings is 1. The third-order valence-corrected chi connectivity index (χ3v) is 5.19. The van der Waals surface area contributed by atoms with Crippen LogP contribution in [0.4, 0.5) is 0 Å². The lowest BCUT2D eigenvalue weighted by Gasteiger charge is -2.35. The first-order chi connectivity index (χ1) is 12.3. The molecule has 2 atom stereocenters. The van der Waals surface area contributed by atoms with Crippen molar-refractivity contribution in [3.63, 3.8) is 0 Å². The molecule has 0 radical (unpaired) electrons. The zero-order valence-corrected chi connectivity index (χ0v) is 18.3. The van der Waals surface area contributed by atoms with Crippen LogP contribution in [0.25, 0.3) is 0 Å². The van der Waals surface area contributed by atoms with E-state index in [4.69, 9.17) is 4.74 Å². The first-order valence-electron chi connectivity index (χ1n) is 10.1. The molecule has 0 aliphatic carbocycles. The van der Waals surface area contributed by atoms with Crippen LogP contribution in [0.5, 0.6) is 5.75 Å². The van der Waals surface area contributed by atoms with Crippen molar-refractivity contribution in [2.45, 2.75) is 91.3 Å². The molecule has 1 fully saturated rings. The van der Waals surface area contributed by atoms with Gasteiger partial charge in [-0.25, -0.2) is 0 Å². The van der Waals surface area contributed by atoms with Gasteiger partial charge in [-0.3, -0.25) is 4.79 Å². The van der Waals surface area contributed by atoms with Crippen molar-refractivity contribution in [2.75, 3.05) is 13.1 Å². The summed E-state index contributed by atoms with van der Waals surface area (Å²) in [5.74, 6) is 0.570.